The highest BCUT2D eigenvalue weighted by molar-refractivity contribution is 6.30. The lowest BCUT2D eigenvalue weighted by Gasteiger charge is -2.17. The molecular weight excluding hydrogens is 314 g/mol. The molecule has 0 spiro atoms. The molecule has 2 aromatic rings. The summed E-state index contributed by atoms with van der Waals surface area (Å²) < 4.78 is 1.75. The average molecular weight is 334 g/mol. The van der Waals surface area contributed by atoms with Crippen molar-refractivity contribution >= 4 is 17.5 Å². The van der Waals surface area contributed by atoms with Crippen molar-refractivity contribution in [3.8, 4) is 0 Å². The molecule has 1 saturated heterocycles. The van der Waals surface area contributed by atoms with Crippen molar-refractivity contribution in [1.82, 2.24) is 14.7 Å². The maximum Gasteiger partial charge on any atom is 0.254 e. The zero-order valence-electron chi connectivity index (χ0n) is 13.2. The quantitative estimate of drug-likeness (QED) is 0.937. The van der Waals surface area contributed by atoms with Gasteiger partial charge in [-0.15, -0.1) is 0 Å². The van der Waals surface area contributed by atoms with E-state index in [0.717, 1.165) is 11.1 Å². The van der Waals surface area contributed by atoms with Gasteiger partial charge in [-0.2, -0.15) is 5.10 Å². The second kappa shape index (κ2) is 6.34. The van der Waals surface area contributed by atoms with Crippen LogP contribution in [0.5, 0.6) is 0 Å². The number of hydrogen-bond acceptors (Lipinski definition) is 3. The number of aryl methyl sites for hydroxylation is 2. The van der Waals surface area contributed by atoms with Crippen LogP contribution in [0.4, 0.5) is 0 Å². The number of halogens is 1. The molecule has 1 aromatic carbocycles. The van der Waals surface area contributed by atoms with Gasteiger partial charge in [0.15, 0.2) is 0 Å². The Kier molecular flexibility index (Phi) is 4.41. The number of likely N-dealkylation sites (tertiary alicyclic amines) is 1. The number of aliphatic hydroxyl groups excluding tert-OH is 1. The number of aliphatic hydroxyl groups is 1. The maximum absolute atomic E-state index is 12.8. The van der Waals surface area contributed by atoms with E-state index in [-0.39, 0.29) is 24.3 Å². The molecule has 0 aliphatic carbocycles. The first-order valence-corrected chi connectivity index (χ1v) is 8.02. The van der Waals surface area contributed by atoms with E-state index in [0.29, 0.717) is 23.7 Å². The van der Waals surface area contributed by atoms with Gasteiger partial charge in [-0.1, -0.05) is 11.6 Å². The molecule has 0 radical (unpaired) electrons. The number of nitrogens with zero attached hydrogens (tertiary/aromatic N) is 3. The van der Waals surface area contributed by atoms with Crippen LogP contribution in [0.2, 0.25) is 5.02 Å². The molecule has 23 heavy (non-hydrogen) atoms. The van der Waals surface area contributed by atoms with Crippen molar-refractivity contribution in [2.75, 3.05) is 19.7 Å². The maximum atomic E-state index is 12.8. The standard InChI is InChI=1S/C17H20ClN3O2/c1-11-5-14(18)3-4-15(11)17(23)21-8-13(10-22)16(9-21)12-6-19-20(2)7-12/h3-7,13,16,22H,8-10H2,1-2H3/t13-,16-/m0/s1. The molecule has 5 nitrogen and oxygen atoms in total. The highest BCUT2D eigenvalue weighted by atomic mass is 35.5. The fourth-order valence-corrected chi connectivity index (χ4v) is 3.50. The molecule has 0 bridgehead atoms. The Morgan fingerprint density at radius 3 is 2.83 bits per heavy atom. The van der Waals surface area contributed by atoms with E-state index in [4.69, 9.17) is 11.6 Å². The molecule has 2 heterocycles. The van der Waals surface area contributed by atoms with Gasteiger partial charge in [0.05, 0.1) is 6.20 Å². The van der Waals surface area contributed by atoms with Gasteiger partial charge in [0.1, 0.15) is 0 Å². The summed E-state index contributed by atoms with van der Waals surface area (Å²) in [4.78, 5) is 14.6. The van der Waals surface area contributed by atoms with Crippen molar-refractivity contribution < 1.29 is 9.90 Å². The predicted octanol–water partition coefficient (Wildman–Crippen LogP) is 2.23. The molecule has 2 atom stereocenters. The van der Waals surface area contributed by atoms with Gasteiger partial charge >= 0.3 is 0 Å². The normalized spacial score (nSPS) is 21.0. The highest BCUT2D eigenvalue weighted by Gasteiger charge is 2.36. The Balaban J connectivity index is 1.82. The van der Waals surface area contributed by atoms with Crippen molar-refractivity contribution in [1.29, 1.82) is 0 Å². The minimum Gasteiger partial charge on any atom is -0.396 e. The van der Waals surface area contributed by atoms with E-state index in [1.807, 2.05) is 31.3 Å². The average Bonchev–Trinajstić information content (AvgIpc) is 3.12. The molecule has 0 saturated carbocycles. The number of rotatable bonds is 3. The second-order valence-corrected chi connectivity index (χ2v) is 6.60. The first-order valence-electron chi connectivity index (χ1n) is 7.64. The lowest BCUT2D eigenvalue weighted by molar-refractivity contribution is 0.0780. The zero-order chi connectivity index (χ0) is 16.6. The van der Waals surface area contributed by atoms with Gasteiger partial charge in [-0.05, 0) is 36.2 Å². The van der Waals surface area contributed by atoms with E-state index < -0.39 is 0 Å². The van der Waals surface area contributed by atoms with Crippen molar-refractivity contribution in [2.45, 2.75) is 12.8 Å². The van der Waals surface area contributed by atoms with Crippen LogP contribution in [0, 0.1) is 12.8 Å². The SMILES string of the molecule is Cc1cc(Cl)ccc1C(=O)N1C[C@@H](CO)[C@H](c2cnn(C)c2)C1. The summed E-state index contributed by atoms with van der Waals surface area (Å²) in [5.41, 5.74) is 2.60. The lowest BCUT2D eigenvalue weighted by atomic mass is 9.92. The largest absolute Gasteiger partial charge is 0.396 e. The Morgan fingerprint density at radius 2 is 2.22 bits per heavy atom. The Hall–Kier alpha value is -1.85. The molecule has 1 aliphatic heterocycles. The minimum absolute atomic E-state index is 0.0102. The van der Waals surface area contributed by atoms with E-state index in [1.54, 1.807) is 22.9 Å². The van der Waals surface area contributed by atoms with Gasteiger partial charge in [0.25, 0.3) is 5.91 Å². The third-order valence-corrected chi connectivity index (χ3v) is 4.77. The lowest BCUT2D eigenvalue weighted by Crippen LogP contribution is -2.29. The van der Waals surface area contributed by atoms with Crippen LogP contribution in [0.15, 0.2) is 30.6 Å². The molecule has 1 N–H and O–H groups in total. The molecule has 6 heteroatoms. The fraction of sp³-hybridized carbons (Fsp3) is 0.412. The van der Waals surface area contributed by atoms with Crippen molar-refractivity contribution in [3.63, 3.8) is 0 Å². The summed E-state index contributed by atoms with van der Waals surface area (Å²) in [6.45, 7) is 3.09. The molecule has 122 valence electrons. The molecule has 0 unspecified atom stereocenters. The topological polar surface area (TPSA) is 58.4 Å². The van der Waals surface area contributed by atoms with Gasteiger partial charge in [-0.3, -0.25) is 9.48 Å². The van der Waals surface area contributed by atoms with Gasteiger partial charge in [0.2, 0.25) is 0 Å². The molecule has 1 amide bonds. The number of carbonyl (C=O) groups excluding carboxylic acids is 1. The van der Waals surface area contributed by atoms with Crippen LogP contribution in [0.25, 0.3) is 0 Å². The van der Waals surface area contributed by atoms with Crippen molar-refractivity contribution in [3.05, 3.63) is 52.3 Å². The van der Waals surface area contributed by atoms with Crippen LogP contribution >= 0.6 is 11.6 Å². The molecule has 3 rings (SSSR count). The van der Waals surface area contributed by atoms with Crippen LogP contribution in [0.1, 0.15) is 27.4 Å². The van der Waals surface area contributed by atoms with Crippen LogP contribution < -0.4 is 0 Å². The van der Waals surface area contributed by atoms with E-state index >= 15 is 0 Å². The van der Waals surface area contributed by atoms with E-state index in [2.05, 4.69) is 5.10 Å². The molecule has 1 aliphatic rings. The van der Waals surface area contributed by atoms with Crippen LogP contribution in [0.3, 0.4) is 0 Å². The zero-order valence-corrected chi connectivity index (χ0v) is 14.0. The molecule has 1 fully saturated rings. The first kappa shape index (κ1) is 16.0. The summed E-state index contributed by atoms with van der Waals surface area (Å²) in [5.74, 6) is 0.144. The second-order valence-electron chi connectivity index (χ2n) is 6.17. The Labute approximate surface area is 140 Å². The van der Waals surface area contributed by atoms with Crippen LogP contribution in [-0.2, 0) is 7.05 Å². The van der Waals surface area contributed by atoms with Crippen LogP contribution in [-0.4, -0.2) is 45.4 Å². The third kappa shape index (κ3) is 3.12. The van der Waals surface area contributed by atoms with Gasteiger partial charge in [0, 0.05) is 55.4 Å². The highest BCUT2D eigenvalue weighted by Crippen LogP contribution is 2.33. The minimum atomic E-state index is -0.0102. The Morgan fingerprint density at radius 1 is 1.43 bits per heavy atom. The van der Waals surface area contributed by atoms with E-state index in [1.165, 1.54) is 0 Å². The van der Waals surface area contributed by atoms with Gasteiger partial charge in [-0.25, -0.2) is 0 Å². The Bertz CT molecular complexity index is 728. The molecule has 1 aromatic heterocycles. The third-order valence-electron chi connectivity index (χ3n) is 4.53. The molecular formula is C17H20ClN3O2. The fourth-order valence-electron chi connectivity index (χ4n) is 3.27. The number of amides is 1. The number of benzene rings is 1. The predicted molar refractivity (Wildman–Crippen MR) is 88.6 cm³/mol. The number of hydrogen-bond donors (Lipinski definition) is 1. The first-order chi connectivity index (χ1) is 11.0. The van der Waals surface area contributed by atoms with Crippen molar-refractivity contribution in [2.24, 2.45) is 13.0 Å². The monoisotopic (exact) mass is 333 g/mol. The summed E-state index contributed by atoms with van der Waals surface area (Å²) in [6, 6.07) is 5.30. The van der Waals surface area contributed by atoms with E-state index in [9.17, 15) is 9.90 Å². The van der Waals surface area contributed by atoms with Gasteiger partial charge < -0.3 is 10.0 Å². The summed E-state index contributed by atoms with van der Waals surface area (Å²) >= 11 is 5.97. The summed E-state index contributed by atoms with van der Waals surface area (Å²) in [6.07, 6.45) is 3.77. The summed E-state index contributed by atoms with van der Waals surface area (Å²) in [5, 5.41) is 14.5. The summed E-state index contributed by atoms with van der Waals surface area (Å²) in [7, 11) is 1.87. The number of aromatic nitrogens is 2. The smallest absolute Gasteiger partial charge is 0.254 e. The number of carbonyl (C=O) groups is 1.